The van der Waals surface area contributed by atoms with Gasteiger partial charge in [0.2, 0.25) is 0 Å². The molecule has 2 N–H and O–H groups in total. The first kappa shape index (κ1) is 18.6. The van der Waals surface area contributed by atoms with Crippen molar-refractivity contribution in [2.75, 3.05) is 19.8 Å². The van der Waals surface area contributed by atoms with E-state index in [2.05, 4.69) is 59.5 Å². The number of allylic oxidation sites excluding steroid dienone is 2. The Morgan fingerprint density at radius 3 is 1.92 bits per heavy atom. The van der Waals surface area contributed by atoms with Crippen molar-refractivity contribution in [3.8, 4) is 0 Å². The summed E-state index contributed by atoms with van der Waals surface area (Å²) in [6.07, 6.45) is 6.70. The zero-order valence-corrected chi connectivity index (χ0v) is 15.1. The second-order valence-corrected chi connectivity index (χ2v) is 7.16. The predicted molar refractivity (Wildman–Crippen MR) is 105 cm³/mol. The Morgan fingerprint density at radius 1 is 0.846 bits per heavy atom. The number of nitrogens with zero attached hydrogens (tertiary/aromatic N) is 1. The van der Waals surface area contributed by atoms with Crippen LogP contribution >= 0.6 is 0 Å². The summed E-state index contributed by atoms with van der Waals surface area (Å²) in [4.78, 5) is 2.38. The molecule has 2 aromatic carbocycles. The van der Waals surface area contributed by atoms with Crippen molar-refractivity contribution >= 4 is 0 Å². The maximum atomic E-state index is 10.1. The number of benzene rings is 2. The summed E-state index contributed by atoms with van der Waals surface area (Å²) in [5, 5.41) is 19.7. The van der Waals surface area contributed by atoms with E-state index < -0.39 is 0 Å². The van der Waals surface area contributed by atoms with E-state index in [1.807, 2.05) is 24.3 Å². The fourth-order valence-electron chi connectivity index (χ4n) is 3.63. The fraction of sp³-hybridized carbons (Fsp3) is 0.304. The van der Waals surface area contributed by atoms with Gasteiger partial charge in [0.05, 0.1) is 13.2 Å². The number of rotatable bonds is 8. The molecule has 2 aromatic rings. The lowest BCUT2D eigenvalue weighted by Gasteiger charge is -2.37. The van der Waals surface area contributed by atoms with Gasteiger partial charge in [0.15, 0.2) is 0 Å². The molecule has 26 heavy (non-hydrogen) atoms. The highest BCUT2D eigenvalue weighted by molar-refractivity contribution is 5.25. The zero-order chi connectivity index (χ0) is 18.2. The van der Waals surface area contributed by atoms with Gasteiger partial charge in [0.25, 0.3) is 0 Å². The van der Waals surface area contributed by atoms with Gasteiger partial charge >= 0.3 is 0 Å². The fourth-order valence-corrected chi connectivity index (χ4v) is 3.63. The van der Waals surface area contributed by atoms with Gasteiger partial charge in [-0.15, -0.1) is 0 Å². The van der Waals surface area contributed by atoms with Crippen LogP contribution in [0, 0.1) is 5.41 Å². The average Bonchev–Trinajstić information content (AvgIpc) is 2.69. The van der Waals surface area contributed by atoms with Gasteiger partial charge in [-0.1, -0.05) is 78.9 Å². The topological polar surface area (TPSA) is 43.7 Å². The van der Waals surface area contributed by atoms with Crippen LogP contribution in [-0.2, 0) is 13.1 Å². The van der Waals surface area contributed by atoms with Gasteiger partial charge in [-0.3, -0.25) is 4.90 Å². The molecule has 3 rings (SSSR count). The van der Waals surface area contributed by atoms with Crippen LogP contribution in [0.2, 0.25) is 0 Å². The Kier molecular flexibility index (Phi) is 6.40. The summed E-state index contributed by atoms with van der Waals surface area (Å²) in [5.74, 6) is 0. The van der Waals surface area contributed by atoms with Crippen LogP contribution in [0.25, 0.3) is 0 Å². The van der Waals surface area contributed by atoms with Crippen molar-refractivity contribution in [1.82, 2.24) is 4.90 Å². The molecule has 1 atom stereocenters. The summed E-state index contributed by atoms with van der Waals surface area (Å²) in [5.41, 5.74) is 3.14. The molecule has 0 amide bonds. The van der Waals surface area contributed by atoms with Gasteiger partial charge in [0.1, 0.15) is 0 Å². The number of aliphatic hydroxyl groups is 2. The van der Waals surface area contributed by atoms with Crippen LogP contribution in [0.3, 0.4) is 0 Å². The molecule has 0 aromatic heterocycles. The van der Waals surface area contributed by atoms with Crippen LogP contribution < -0.4 is 0 Å². The molecule has 0 fully saturated rings. The Bertz CT molecular complexity index is 698. The van der Waals surface area contributed by atoms with Crippen molar-refractivity contribution in [2.45, 2.75) is 19.5 Å². The van der Waals surface area contributed by atoms with Gasteiger partial charge in [0, 0.05) is 25.0 Å². The Hall–Kier alpha value is -2.20. The highest BCUT2D eigenvalue weighted by atomic mass is 16.3. The van der Waals surface area contributed by atoms with Gasteiger partial charge in [-0.2, -0.15) is 0 Å². The lowest BCUT2D eigenvalue weighted by molar-refractivity contribution is 0.0988. The molecule has 0 saturated heterocycles. The van der Waals surface area contributed by atoms with Crippen LogP contribution in [0.4, 0.5) is 0 Å². The molecule has 1 unspecified atom stereocenters. The second-order valence-electron chi connectivity index (χ2n) is 7.16. The lowest BCUT2D eigenvalue weighted by Crippen LogP contribution is -2.39. The highest BCUT2D eigenvalue weighted by Crippen LogP contribution is 2.33. The van der Waals surface area contributed by atoms with Gasteiger partial charge in [-0.05, 0) is 23.1 Å². The summed E-state index contributed by atoms with van der Waals surface area (Å²) in [7, 11) is 0. The molecular weight excluding hydrogens is 322 g/mol. The molecule has 1 aliphatic carbocycles. The van der Waals surface area contributed by atoms with Crippen molar-refractivity contribution in [3.05, 3.63) is 95.6 Å². The maximum Gasteiger partial charge on any atom is 0.0645 e. The summed E-state index contributed by atoms with van der Waals surface area (Å²) in [6, 6.07) is 20.9. The third-order valence-electron chi connectivity index (χ3n) is 4.92. The Balaban J connectivity index is 1.80. The van der Waals surface area contributed by atoms with E-state index in [1.54, 1.807) is 0 Å². The molecule has 0 heterocycles. The first-order valence-electron chi connectivity index (χ1n) is 9.12. The highest BCUT2D eigenvalue weighted by Gasteiger charge is 2.31. The van der Waals surface area contributed by atoms with Gasteiger partial charge in [-0.25, -0.2) is 0 Å². The van der Waals surface area contributed by atoms with Crippen molar-refractivity contribution in [2.24, 2.45) is 5.41 Å². The average molecular weight is 349 g/mol. The molecule has 0 saturated carbocycles. The van der Waals surface area contributed by atoms with Crippen molar-refractivity contribution in [3.63, 3.8) is 0 Å². The molecule has 0 bridgehead atoms. The Labute approximate surface area is 155 Å². The normalized spacial score (nSPS) is 19.6. The van der Waals surface area contributed by atoms with Crippen LogP contribution in [0.1, 0.15) is 17.5 Å². The minimum absolute atomic E-state index is 0.0451. The second kappa shape index (κ2) is 8.95. The summed E-state index contributed by atoms with van der Waals surface area (Å²) < 4.78 is 0. The van der Waals surface area contributed by atoms with E-state index in [9.17, 15) is 10.2 Å². The molecule has 3 nitrogen and oxygen atoms in total. The Morgan fingerprint density at radius 2 is 1.42 bits per heavy atom. The van der Waals surface area contributed by atoms with E-state index in [4.69, 9.17) is 0 Å². The largest absolute Gasteiger partial charge is 0.395 e. The first-order valence-corrected chi connectivity index (χ1v) is 9.12. The van der Waals surface area contributed by atoms with Crippen molar-refractivity contribution in [1.29, 1.82) is 0 Å². The molecule has 0 radical (unpaired) electrons. The monoisotopic (exact) mass is 349 g/mol. The zero-order valence-electron chi connectivity index (χ0n) is 15.1. The van der Waals surface area contributed by atoms with E-state index in [1.165, 1.54) is 11.1 Å². The third kappa shape index (κ3) is 4.92. The summed E-state index contributed by atoms with van der Waals surface area (Å²) >= 11 is 0. The predicted octanol–water partition coefficient (Wildman–Crippen LogP) is 3.55. The lowest BCUT2D eigenvalue weighted by atomic mass is 9.78. The molecule has 136 valence electrons. The SMILES string of the molecule is OCC1=CC=CC(CO)(CN(Cc2ccccc2)Cc2ccccc2)C1. The van der Waals surface area contributed by atoms with Crippen molar-refractivity contribution < 1.29 is 10.2 Å². The van der Waals surface area contributed by atoms with Crippen LogP contribution in [0.5, 0.6) is 0 Å². The quantitative estimate of drug-likeness (QED) is 0.766. The number of aliphatic hydroxyl groups excluding tert-OH is 2. The smallest absolute Gasteiger partial charge is 0.0645 e. The number of hydrogen-bond donors (Lipinski definition) is 2. The molecule has 0 aliphatic heterocycles. The maximum absolute atomic E-state index is 10.1. The van der Waals surface area contributed by atoms with Crippen LogP contribution in [0.15, 0.2) is 84.5 Å². The molecule has 3 heteroatoms. The minimum atomic E-state index is -0.351. The first-order chi connectivity index (χ1) is 12.7. The molecule has 1 aliphatic rings. The van der Waals surface area contributed by atoms with Gasteiger partial charge < -0.3 is 10.2 Å². The minimum Gasteiger partial charge on any atom is -0.395 e. The van der Waals surface area contributed by atoms with Crippen LogP contribution in [-0.4, -0.2) is 34.9 Å². The molecule has 0 spiro atoms. The number of hydrogen-bond acceptors (Lipinski definition) is 3. The van der Waals surface area contributed by atoms with E-state index in [-0.39, 0.29) is 18.6 Å². The van der Waals surface area contributed by atoms with E-state index in [0.717, 1.165) is 25.2 Å². The van der Waals surface area contributed by atoms with E-state index in [0.29, 0.717) is 6.42 Å². The summed E-state index contributed by atoms with van der Waals surface area (Å²) in [6.45, 7) is 2.50. The van der Waals surface area contributed by atoms with E-state index >= 15 is 0 Å². The molecular formula is C23H27NO2. The standard InChI is InChI=1S/C23H27NO2/c25-17-22-12-7-13-23(14-22,19-26)18-24(15-20-8-3-1-4-9-20)16-21-10-5-2-6-11-21/h1-13,25-26H,14-19H2. The third-order valence-corrected chi connectivity index (χ3v) is 4.92.